The van der Waals surface area contributed by atoms with E-state index in [1.165, 1.54) is 61.0 Å². The van der Waals surface area contributed by atoms with E-state index >= 15 is 0 Å². The smallest absolute Gasteiger partial charge is 0.137 e. The van der Waals surface area contributed by atoms with Gasteiger partial charge in [-0.1, -0.05) is 45.0 Å². The van der Waals surface area contributed by atoms with Crippen molar-refractivity contribution in [3.8, 4) is 0 Å². The van der Waals surface area contributed by atoms with E-state index in [2.05, 4.69) is 54.8 Å². The lowest BCUT2D eigenvalue weighted by Gasteiger charge is -2.59. The highest BCUT2D eigenvalue weighted by Crippen LogP contribution is 2.51. The van der Waals surface area contributed by atoms with Crippen LogP contribution in [0.15, 0.2) is 24.3 Å². The lowest BCUT2D eigenvalue weighted by molar-refractivity contribution is -0.960. The highest BCUT2D eigenvalue weighted by molar-refractivity contribution is 7.57. The standard InChI is InChI=1S/C17H27N3P/c1-17(2,3)16-6-4-15(5-7-16)8-20-10-18-9-19(11-20)13-21(12-18)14-20/h4-7H,8-14H2,1-3H3/q+1. The van der Waals surface area contributed by atoms with Crippen LogP contribution >= 0.6 is 7.92 Å². The Hall–Kier alpha value is -0.470. The lowest BCUT2D eigenvalue weighted by atomic mass is 9.86. The Morgan fingerprint density at radius 2 is 1.67 bits per heavy atom. The van der Waals surface area contributed by atoms with Gasteiger partial charge in [0.05, 0.1) is 6.67 Å². The second kappa shape index (κ2) is 4.76. The van der Waals surface area contributed by atoms with Crippen LogP contribution in [0.2, 0.25) is 0 Å². The van der Waals surface area contributed by atoms with E-state index in [1.54, 1.807) is 0 Å². The fraction of sp³-hybridized carbons (Fsp3) is 0.647. The van der Waals surface area contributed by atoms with Crippen LogP contribution in [-0.4, -0.2) is 53.1 Å². The minimum Gasteiger partial charge on any atom is -0.291 e. The molecule has 1 aromatic carbocycles. The van der Waals surface area contributed by atoms with Crippen molar-refractivity contribution in [3.63, 3.8) is 0 Å². The maximum absolute atomic E-state index is 2.69. The molecule has 0 spiro atoms. The van der Waals surface area contributed by atoms with Gasteiger partial charge in [0, 0.05) is 18.1 Å². The summed E-state index contributed by atoms with van der Waals surface area (Å²) in [5, 5.41) is 0. The third-order valence-electron chi connectivity index (χ3n) is 5.04. The van der Waals surface area contributed by atoms with Crippen molar-refractivity contribution in [1.82, 2.24) is 9.80 Å². The van der Waals surface area contributed by atoms with Crippen LogP contribution in [0.4, 0.5) is 0 Å². The first kappa shape index (κ1) is 14.1. The van der Waals surface area contributed by atoms with Crippen LogP contribution in [0.1, 0.15) is 31.9 Å². The molecule has 21 heavy (non-hydrogen) atoms. The maximum Gasteiger partial charge on any atom is 0.137 e. The van der Waals surface area contributed by atoms with E-state index in [0.29, 0.717) is 0 Å². The molecule has 0 aliphatic carbocycles. The summed E-state index contributed by atoms with van der Waals surface area (Å²) in [5.41, 5.74) is 3.22. The van der Waals surface area contributed by atoms with Gasteiger partial charge in [0.25, 0.3) is 0 Å². The molecule has 2 unspecified atom stereocenters. The molecule has 1 aromatic rings. The molecular weight excluding hydrogens is 277 g/mol. The summed E-state index contributed by atoms with van der Waals surface area (Å²) in [6.45, 7) is 11.9. The predicted octanol–water partition coefficient (Wildman–Crippen LogP) is 3.17. The molecule has 0 amide bonds. The number of hydrogen-bond acceptors (Lipinski definition) is 2. The summed E-state index contributed by atoms with van der Waals surface area (Å²) in [5.74, 6) is 0. The average molecular weight is 304 g/mol. The fourth-order valence-corrected chi connectivity index (χ4v) is 7.19. The SMILES string of the molecule is CC(C)(C)c1ccc(C[N+]23CN4CN(CP(C4)C2)C3)cc1. The number of benzene rings is 1. The minimum absolute atomic E-state index is 0.243. The normalized spacial score (nSPS) is 38.0. The highest BCUT2D eigenvalue weighted by Gasteiger charge is 2.49. The summed E-state index contributed by atoms with van der Waals surface area (Å²) in [6.07, 6.45) is 4.24. The summed E-state index contributed by atoms with van der Waals surface area (Å²) in [7, 11) is 0.243. The molecule has 114 valence electrons. The van der Waals surface area contributed by atoms with Gasteiger partial charge < -0.3 is 0 Å². The molecule has 4 aliphatic heterocycles. The molecule has 4 heteroatoms. The Kier molecular flexibility index (Phi) is 3.21. The molecule has 0 saturated carbocycles. The van der Waals surface area contributed by atoms with Gasteiger partial charge in [0.2, 0.25) is 0 Å². The fourth-order valence-electron chi connectivity index (χ4n) is 4.31. The Labute approximate surface area is 129 Å². The van der Waals surface area contributed by atoms with Gasteiger partial charge in [-0.3, -0.25) is 4.48 Å². The number of nitrogens with zero attached hydrogens (tertiary/aromatic N) is 3. The first-order chi connectivity index (χ1) is 9.92. The van der Waals surface area contributed by atoms with Crippen LogP contribution in [0, 0.1) is 0 Å². The predicted molar refractivity (Wildman–Crippen MR) is 88.9 cm³/mol. The molecule has 4 bridgehead atoms. The molecule has 4 fully saturated rings. The number of hydrogen-bond donors (Lipinski definition) is 0. The molecule has 4 heterocycles. The van der Waals surface area contributed by atoms with Crippen LogP contribution in [0.3, 0.4) is 0 Å². The summed E-state index contributed by atoms with van der Waals surface area (Å²) >= 11 is 0. The van der Waals surface area contributed by atoms with Gasteiger partial charge in [0.15, 0.2) is 0 Å². The van der Waals surface area contributed by atoms with Gasteiger partial charge in [-0.15, -0.1) is 0 Å². The van der Waals surface area contributed by atoms with Crippen molar-refractivity contribution in [2.24, 2.45) is 0 Å². The highest BCUT2D eigenvalue weighted by atomic mass is 31.1. The summed E-state index contributed by atoms with van der Waals surface area (Å²) < 4.78 is 1.29. The van der Waals surface area contributed by atoms with E-state index < -0.39 is 0 Å². The Morgan fingerprint density at radius 1 is 1.05 bits per heavy atom. The van der Waals surface area contributed by atoms with Crippen LogP contribution < -0.4 is 0 Å². The van der Waals surface area contributed by atoms with E-state index in [4.69, 9.17) is 0 Å². The van der Waals surface area contributed by atoms with Crippen molar-refractivity contribution in [3.05, 3.63) is 35.4 Å². The second-order valence-corrected chi connectivity index (χ2v) is 10.5. The van der Waals surface area contributed by atoms with Gasteiger partial charge in [0.1, 0.15) is 26.2 Å². The minimum atomic E-state index is 0.243. The van der Waals surface area contributed by atoms with Gasteiger partial charge in [-0.25, -0.2) is 9.80 Å². The van der Waals surface area contributed by atoms with E-state index in [9.17, 15) is 0 Å². The van der Waals surface area contributed by atoms with Crippen molar-refractivity contribution in [2.75, 3.05) is 38.9 Å². The lowest BCUT2D eigenvalue weighted by Crippen LogP contribution is -2.71. The van der Waals surface area contributed by atoms with Crippen molar-refractivity contribution in [2.45, 2.75) is 32.7 Å². The summed E-state index contributed by atoms with van der Waals surface area (Å²) in [6, 6.07) is 9.42. The van der Waals surface area contributed by atoms with Crippen LogP contribution in [0.5, 0.6) is 0 Å². The van der Waals surface area contributed by atoms with E-state index in [0.717, 1.165) is 0 Å². The first-order valence-electron chi connectivity index (χ1n) is 8.04. The third-order valence-corrected chi connectivity index (χ3v) is 7.64. The molecule has 0 aromatic heterocycles. The third kappa shape index (κ3) is 2.66. The average Bonchev–Trinajstić information content (AvgIpc) is 2.35. The Bertz CT molecular complexity index is 497. The Morgan fingerprint density at radius 3 is 2.19 bits per heavy atom. The second-order valence-electron chi connectivity index (χ2n) is 8.31. The molecule has 3 nitrogen and oxygen atoms in total. The van der Waals surface area contributed by atoms with Gasteiger partial charge in [-0.05, 0) is 18.9 Å². The van der Waals surface area contributed by atoms with Crippen molar-refractivity contribution < 1.29 is 4.48 Å². The molecule has 2 atom stereocenters. The van der Waals surface area contributed by atoms with E-state index in [-0.39, 0.29) is 13.3 Å². The molecular formula is C17H27N3P+. The largest absolute Gasteiger partial charge is 0.291 e. The molecule has 4 saturated heterocycles. The molecule has 0 radical (unpaired) electrons. The topological polar surface area (TPSA) is 6.48 Å². The quantitative estimate of drug-likeness (QED) is 0.612. The van der Waals surface area contributed by atoms with Gasteiger partial charge >= 0.3 is 0 Å². The van der Waals surface area contributed by atoms with Crippen LogP contribution in [-0.2, 0) is 12.0 Å². The zero-order valence-corrected chi connectivity index (χ0v) is 14.4. The summed E-state index contributed by atoms with van der Waals surface area (Å²) in [4.78, 5) is 5.37. The number of quaternary nitrogens is 1. The van der Waals surface area contributed by atoms with Crippen LogP contribution in [0.25, 0.3) is 0 Å². The molecule has 0 N–H and O–H groups in total. The number of rotatable bonds is 2. The Balaban J connectivity index is 1.53. The molecule has 5 rings (SSSR count). The zero-order valence-electron chi connectivity index (χ0n) is 13.5. The van der Waals surface area contributed by atoms with E-state index in [1.807, 2.05) is 0 Å². The van der Waals surface area contributed by atoms with Crippen molar-refractivity contribution in [1.29, 1.82) is 0 Å². The molecule has 4 aliphatic rings. The monoisotopic (exact) mass is 304 g/mol. The van der Waals surface area contributed by atoms with Crippen molar-refractivity contribution >= 4 is 7.92 Å². The van der Waals surface area contributed by atoms with Gasteiger partial charge in [-0.2, -0.15) is 0 Å². The maximum atomic E-state index is 2.69. The first-order valence-corrected chi connectivity index (χ1v) is 9.93. The zero-order chi connectivity index (χ0) is 14.7.